The van der Waals surface area contributed by atoms with Gasteiger partial charge in [-0.1, -0.05) is 20.8 Å². The van der Waals surface area contributed by atoms with Crippen LogP contribution in [-0.4, -0.2) is 24.5 Å². The fourth-order valence-electron chi connectivity index (χ4n) is 0.536. The van der Waals surface area contributed by atoms with Gasteiger partial charge in [0.05, 0.1) is 0 Å². The second-order valence-corrected chi connectivity index (χ2v) is 3.26. The average molecular weight is 191 g/mol. The highest BCUT2D eigenvalue weighted by molar-refractivity contribution is 7.99. The van der Waals surface area contributed by atoms with Crippen molar-refractivity contribution in [3.8, 4) is 0 Å². The van der Waals surface area contributed by atoms with Crippen molar-refractivity contribution in [2.75, 3.05) is 18.6 Å². The number of hydrogen-bond acceptors (Lipinski definition) is 2. The zero-order valence-corrected chi connectivity index (χ0v) is 9.46. The number of rotatable bonds is 5. The molecule has 0 heterocycles. The van der Waals surface area contributed by atoms with Crippen LogP contribution in [0.25, 0.3) is 0 Å². The number of thioether (sulfide) groups is 1. The number of hydrogen-bond donors (Lipinski definition) is 1. The lowest BCUT2D eigenvalue weighted by Crippen LogP contribution is -2.17. The first-order valence-corrected chi connectivity index (χ1v) is 5.75. The highest BCUT2D eigenvalue weighted by Gasteiger charge is 1.95. The third kappa shape index (κ3) is 12.5. The highest BCUT2D eigenvalue weighted by Crippen LogP contribution is 2.03. The van der Waals surface area contributed by atoms with E-state index in [1.165, 1.54) is 6.42 Å². The Morgan fingerprint density at radius 2 is 1.92 bits per heavy atom. The van der Waals surface area contributed by atoms with E-state index in [-0.39, 0.29) is 5.91 Å². The van der Waals surface area contributed by atoms with Gasteiger partial charge in [-0.25, -0.2) is 0 Å². The second-order valence-electron chi connectivity index (χ2n) is 2.04. The van der Waals surface area contributed by atoms with Gasteiger partial charge in [0.1, 0.15) is 0 Å². The van der Waals surface area contributed by atoms with Crippen LogP contribution in [0.5, 0.6) is 0 Å². The maximum absolute atomic E-state index is 10.7. The molecule has 74 valence electrons. The summed E-state index contributed by atoms with van der Waals surface area (Å²) in [4.78, 5) is 10.7. The van der Waals surface area contributed by atoms with Crippen molar-refractivity contribution in [2.45, 2.75) is 33.6 Å². The number of nitrogens with one attached hydrogen (secondary N) is 1. The molecular weight excluding hydrogens is 170 g/mol. The van der Waals surface area contributed by atoms with E-state index in [0.717, 1.165) is 11.5 Å². The van der Waals surface area contributed by atoms with E-state index in [1.807, 2.05) is 25.6 Å². The van der Waals surface area contributed by atoms with Crippen molar-refractivity contribution >= 4 is 17.7 Å². The van der Waals surface area contributed by atoms with Crippen LogP contribution in [0, 0.1) is 0 Å². The van der Waals surface area contributed by atoms with Gasteiger partial charge in [-0.05, 0) is 12.2 Å². The Bertz CT molecular complexity index is 96.5. The van der Waals surface area contributed by atoms with Crippen LogP contribution in [0.1, 0.15) is 33.6 Å². The third-order valence-electron chi connectivity index (χ3n) is 1.10. The van der Waals surface area contributed by atoms with E-state index in [1.54, 1.807) is 7.05 Å². The fourth-order valence-corrected chi connectivity index (χ4v) is 1.36. The van der Waals surface area contributed by atoms with Crippen molar-refractivity contribution in [1.82, 2.24) is 5.32 Å². The van der Waals surface area contributed by atoms with Crippen LogP contribution in [0.15, 0.2) is 0 Å². The smallest absolute Gasteiger partial charge is 0.220 e. The van der Waals surface area contributed by atoms with Crippen LogP contribution in [0.3, 0.4) is 0 Å². The average Bonchev–Trinajstić information content (AvgIpc) is 2.15. The molecule has 0 aliphatic rings. The summed E-state index contributed by atoms with van der Waals surface area (Å²) >= 11 is 1.84. The maximum atomic E-state index is 10.7. The summed E-state index contributed by atoms with van der Waals surface area (Å²) in [6, 6.07) is 0. The van der Waals surface area contributed by atoms with Crippen molar-refractivity contribution in [3.63, 3.8) is 0 Å². The molecule has 0 aliphatic heterocycles. The molecule has 1 N–H and O–H groups in total. The molecule has 0 saturated carbocycles. The molecule has 0 aliphatic carbocycles. The van der Waals surface area contributed by atoms with Gasteiger partial charge >= 0.3 is 0 Å². The molecule has 0 fully saturated rings. The zero-order chi connectivity index (χ0) is 9.82. The first kappa shape index (κ1) is 14.3. The van der Waals surface area contributed by atoms with Gasteiger partial charge in [0.25, 0.3) is 0 Å². The molecule has 2 nitrogen and oxygen atoms in total. The monoisotopic (exact) mass is 191 g/mol. The quantitative estimate of drug-likeness (QED) is 0.676. The fraction of sp³-hybridized carbons (Fsp3) is 0.889. The summed E-state index contributed by atoms with van der Waals surface area (Å²) in [6.07, 6.45) is 1.85. The Labute approximate surface area is 80.5 Å². The maximum Gasteiger partial charge on any atom is 0.220 e. The molecule has 0 aromatic rings. The molecule has 0 radical (unpaired) electrons. The lowest BCUT2D eigenvalue weighted by molar-refractivity contribution is -0.120. The van der Waals surface area contributed by atoms with Crippen LogP contribution >= 0.6 is 11.8 Å². The van der Waals surface area contributed by atoms with Gasteiger partial charge in [-0.15, -0.1) is 0 Å². The number of carbonyl (C=O) groups is 1. The molecule has 0 unspecified atom stereocenters. The van der Waals surface area contributed by atoms with E-state index in [9.17, 15) is 4.79 Å². The normalized spacial score (nSPS) is 8.33. The van der Waals surface area contributed by atoms with E-state index in [0.29, 0.717) is 6.42 Å². The molecule has 12 heavy (non-hydrogen) atoms. The van der Waals surface area contributed by atoms with E-state index in [4.69, 9.17) is 0 Å². The molecule has 0 aromatic heterocycles. The molecule has 0 rings (SSSR count). The summed E-state index contributed by atoms with van der Waals surface area (Å²) in [5.41, 5.74) is 0. The Kier molecular flexibility index (Phi) is 16.0. The van der Waals surface area contributed by atoms with Crippen LogP contribution in [0.4, 0.5) is 0 Å². The lowest BCUT2D eigenvalue weighted by atomic mass is 10.5. The summed E-state index contributed by atoms with van der Waals surface area (Å²) < 4.78 is 0. The van der Waals surface area contributed by atoms with Gasteiger partial charge in [0.2, 0.25) is 5.91 Å². The Balaban J connectivity index is 0. The highest BCUT2D eigenvalue weighted by atomic mass is 32.2. The minimum atomic E-state index is 0.142. The third-order valence-corrected chi connectivity index (χ3v) is 2.29. The van der Waals surface area contributed by atoms with Gasteiger partial charge in [0, 0.05) is 19.2 Å². The second kappa shape index (κ2) is 13.4. The molecule has 1 amide bonds. The molecule has 0 bridgehead atoms. The van der Waals surface area contributed by atoms with Gasteiger partial charge in [-0.2, -0.15) is 11.8 Å². The first-order chi connectivity index (χ1) is 5.81. The Morgan fingerprint density at radius 1 is 1.33 bits per heavy atom. The summed E-state index contributed by atoms with van der Waals surface area (Å²) in [5.74, 6) is 2.26. The molecule has 3 heteroatoms. The minimum Gasteiger partial charge on any atom is -0.359 e. The predicted molar refractivity (Wildman–Crippen MR) is 57.6 cm³/mol. The van der Waals surface area contributed by atoms with Crippen LogP contribution < -0.4 is 5.32 Å². The summed E-state index contributed by atoms with van der Waals surface area (Å²) in [6.45, 7) is 6.15. The van der Waals surface area contributed by atoms with Crippen LogP contribution in [0.2, 0.25) is 0 Å². The van der Waals surface area contributed by atoms with E-state index in [2.05, 4.69) is 12.2 Å². The molecule has 0 saturated heterocycles. The number of carbonyl (C=O) groups excluding carboxylic acids is 1. The number of amides is 1. The molecule has 0 spiro atoms. The summed E-state index contributed by atoms with van der Waals surface area (Å²) in [7, 11) is 1.67. The van der Waals surface area contributed by atoms with Gasteiger partial charge in [-0.3, -0.25) is 4.79 Å². The molecule has 0 aromatic carbocycles. The largest absolute Gasteiger partial charge is 0.359 e. The zero-order valence-electron chi connectivity index (χ0n) is 8.64. The van der Waals surface area contributed by atoms with E-state index < -0.39 is 0 Å². The lowest BCUT2D eigenvalue weighted by Gasteiger charge is -1.97. The standard InChI is InChI=1S/C7H15NOS.C2H6/c1-3-5-10-6-4-7(9)8-2;1-2/h3-6H2,1-2H3,(H,8,9);1-2H3. The van der Waals surface area contributed by atoms with Crippen LogP contribution in [-0.2, 0) is 4.79 Å². The predicted octanol–water partition coefficient (Wildman–Crippen LogP) is 2.29. The Hall–Kier alpha value is -0.180. The van der Waals surface area contributed by atoms with Gasteiger partial charge < -0.3 is 5.32 Å². The van der Waals surface area contributed by atoms with Gasteiger partial charge in [0.15, 0.2) is 0 Å². The molecular formula is C9H21NOS. The topological polar surface area (TPSA) is 29.1 Å². The minimum absolute atomic E-state index is 0.142. The van der Waals surface area contributed by atoms with Crippen molar-refractivity contribution in [1.29, 1.82) is 0 Å². The van der Waals surface area contributed by atoms with Crippen molar-refractivity contribution in [2.24, 2.45) is 0 Å². The SMILES string of the molecule is CC.CCCSCCC(=O)NC. The van der Waals surface area contributed by atoms with Crippen molar-refractivity contribution < 1.29 is 4.79 Å². The first-order valence-electron chi connectivity index (χ1n) is 4.59. The van der Waals surface area contributed by atoms with Crippen molar-refractivity contribution in [3.05, 3.63) is 0 Å². The Morgan fingerprint density at radius 3 is 2.33 bits per heavy atom. The van der Waals surface area contributed by atoms with E-state index >= 15 is 0 Å². The molecule has 0 atom stereocenters. The summed E-state index contributed by atoms with van der Waals surface area (Å²) in [5, 5.41) is 2.59.